The number of anilines is 1. The molecular weight excluding hydrogens is 522 g/mol. The van der Waals surface area contributed by atoms with Crippen LogP contribution in [0.1, 0.15) is 0 Å². The predicted octanol–water partition coefficient (Wildman–Crippen LogP) is 3.73. The molecule has 0 fully saturated rings. The van der Waals surface area contributed by atoms with Crippen LogP contribution in [-0.4, -0.2) is 38.9 Å². The summed E-state index contributed by atoms with van der Waals surface area (Å²) >= 11 is 0. The van der Waals surface area contributed by atoms with Gasteiger partial charge in [0, 0.05) is 27.2 Å². The molecule has 4 aromatic carbocycles. The van der Waals surface area contributed by atoms with Gasteiger partial charge in [-0.1, -0.05) is 30.3 Å². The summed E-state index contributed by atoms with van der Waals surface area (Å²) in [6.07, 6.45) is 0. The molecule has 5 N–H and O–H groups in total. The molecule has 0 heterocycles. The first-order valence-electron chi connectivity index (χ1n) is 9.40. The zero-order chi connectivity index (χ0) is 25.8. The van der Waals surface area contributed by atoms with Crippen molar-refractivity contribution >= 4 is 69.0 Å². The van der Waals surface area contributed by atoms with Gasteiger partial charge in [-0.25, -0.2) is 0 Å². The Morgan fingerprint density at radius 1 is 0.600 bits per heavy atom. The highest BCUT2D eigenvalue weighted by atomic mass is 32.2. The third-order valence-electron chi connectivity index (χ3n) is 5.05. The molecule has 12 nitrogen and oxygen atoms in total. The van der Waals surface area contributed by atoms with Crippen molar-refractivity contribution in [3.05, 3.63) is 60.7 Å². The van der Waals surface area contributed by atoms with E-state index in [-0.39, 0.29) is 11.1 Å². The van der Waals surface area contributed by atoms with Crippen LogP contribution in [-0.2, 0) is 30.4 Å². The third-order valence-corrected chi connectivity index (χ3v) is 7.66. The van der Waals surface area contributed by atoms with Gasteiger partial charge in [0.15, 0.2) is 0 Å². The van der Waals surface area contributed by atoms with Gasteiger partial charge in [-0.15, -0.1) is 10.2 Å². The fraction of sp³-hybridized carbons (Fsp3) is 0. The number of hydrogen-bond acceptors (Lipinski definition) is 9. The van der Waals surface area contributed by atoms with Crippen molar-refractivity contribution in [2.45, 2.75) is 14.7 Å². The Hall–Kier alpha value is -3.47. The van der Waals surface area contributed by atoms with Crippen LogP contribution in [0.4, 0.5) is 17.1 Å². The molecule has 182 valence electrons. The van der Waals surface area contributed by atoms with Crippen molar-refractivity contribution < 1.29 is 38.9 Å². The Kier molecular flexibility index (Phi) is 5.87. The van der Waals surface area contributed by atoms with Crippen molar-refractivity contribution in [3.8, 4) is 0 Å². The second kappa shape index (κ2) is 8.33. The summed E-state index contributed by atoms with van der Waals surface area (Å²) in [5.41, 5.74) is 5.97. The van der Waals surface area contributed by atoms with Crippen LogP contribution < -0.4 is 5.73 Å². The highest BCUT2D eigenvalue weighted by molar-refractivity contribution is 7.87. The normalized spacial score (nSPS) is 13.1. The van der Waals surface area contributed by atoms with Gasteiger partial charge in [-0.05, 0) is 30.3 Å². The van der Waals surface area contributed by atoms with E-state index in [1.54, 1.807) is 24.3 Å². The maximum atomic E-state index is 12.0. The number of nitrogens with two attached hydrogens (primary N) is 1. The van der Waals surface area contributed by atoms with E-state index in [0.717, 1.165) is 18.2 Å². The SMILES string of the molecule is Nc1ccc(N=Nc2c(S(=O)(=O)O)ccc3c(S(=O)(=O)O)cc(S(=O)(=O)O)cc23)c2ccccc12. The first-order chi connectivity index (χ1) is 16.2. The number of nitrogen functional groups attached to an aromatic ring is 1. The van der Waals surface area contributed by atoms with Crippen molar-refractivity contribution in [3.63, 3.8) is 0 Å². The second-order valence-electron chi connectivity index (χ2n) is 7.27. The van der Waals surface area contributed by atoms with Crippen LogP contribution in [0, 0.1) is 0 Å². The predicted molar refractivity (Wildman–Crippen MR) is 126 cm³/mol. The van der Waals surface area contributed by atoms with Crippen LogP contribution in [0.15, 0.2) is 85.6 Å². The molecule has 0 atom stereocenters. The molecule has 35 heavy (non-hydrogen) atoms. The molecule has 0 aromatic heterocycles. The number of hydrogen-bond donors (Lipinski definition) is 4. The monoisotopic (exact) mass is 537 g/mol. The number of azo groups is 1. The van der Waals surface area contributed by atoms with Crippen LogP contribution in [0.5, 0.6) is 0 Å². The maximum absolute atomic E-state index is 12.0. The van der Waals surface area contributed by atoms with Crippen LogP contribution >= 0.6 is 0 Å². The van der Waals surface area contributed by atoms with Gasteiger partial charge in [0.25, 0.3) is 30.4 Å². The number of benzene rings is 4. The molecule has 0 amide bonds. The molecule has 0 aliphatic carbocycles. The molecule has 0 unspecified atom stereocenters. The molecule has 0 bridgehead atoms. The lowest BCUT2D eigenvalue weighted by molar-refractivity contribution is 0.480. The highest BCUT2D eigenvalue weighted by Gasteiger charge is 2.25. The Morgan fingerprint density at radius 3 is 1.83 bits per heavy atom. The van der Waals surface area contributed by atoms with E-state index in [1.165, 1.54) is 12.1 Å². The Bertz CT molecular complexity index is 1880. The second-order valence-corrected chi connectivity index (χ2v) is 11.5. The van der Waals surface area contributed by atoms with Crippen molar-refractivity contribution in [1.82, 2.24) is 0 Å². The molecule has 0 aliphatic heterocycles. The topological polar surface area (TPSA) is 214 Å². The van der Waals surface area contributed by atoms with Gasteiger partial charge >= 0.3 is 0 Å². The van der Waals surface area contributed by atoms with Gasteiger partial charge in [0.05, 0.1) is 10.6 Å². The van der Waals surface area contributed by atoms with E-state index in [4.69, 9.17) is 5.73 Å². The molecule has 15 heteroatoms. The fourth-order valence-corrected chi connectivity index (χ4v) is 5.49. The van der Waals surface area contributed by atoms with E-state index in [0.29, 0.717) is 22.5 Å². The van der Waals surface area contributed by atoms with Gasteiger partial charge in [-0.2, -0.15) is 25.3 Å². The lowest BCUT2D eigenvalue weighted by Crippen LogP contribution is -2.05. The Balaban J connectivity index is 2.13. The largest absolute Gasteiger partial charge is 0.398 e. The van der Waals surface area contributed by atoms with E-state index in [9.17, 15) is 38.9 Å². The molecule has 0 radical (unpaired) electrons. The minimum Gasteiger partial charge on any atom is -0.398 e. The Morgan fingerprint density at radius 2 is 1.23 bits per heavy atom. The van der Waals surface area contributed by atoms with Crippen LogP contribution in [0.25, 0.3) is 21.5 Å². The summed E-state index contributed by atoms with van der Waals surface area (Å²) < 4.78 is 100. The van der Waals surface area contributed by atoms with E-state index in [2.05, 4.69) is 10.2 Å². The Labute approximate surface area is 199 Å². The zero-order valence-corrected chi connectivity index (χ0v) is 19.7. The summed E-state index contributed by atoms with van der Waals surface area (Å²) in [6.45, 7) is 0. The minimum atomic E-state index is -5.05. The van der Waals surface area contributed by atoms with Crippen molar-refractivity contribution in [2.75, 3.05) is 5.73 Å². The van der Waals surface area contributed by atoms with Gasteiger partial charge in [0.1, 0.15) is 15.5 Å². The van der Waals surface area contributed by atoms with Gasteiger partial charge in [0.2, 0.25) is 0 Å². The summed E-state index contributed by atoms with van der Waals surface area (Å²) in [4.78, 5) is -2.75. The highest BCUT2D eigenvalue weighted by Crippen LogP contribution is 2.39. The maximum Gasteiger partial charge on any atom is 0.296 e. The quantitative estimate of drug-likeness (QED) is 0.164. The summed E-state index contributed by atoms with van der Waals surface area (Å²) in [5.74, 6) is 0. The number of nitrogens with zero attached hydrogens (tertiary/aromatic N) is 2. The molecule has 0 aliphatic rings. The van der Waals surface area contributed by atoms with Gasteiger partial charge < -0.3 is 5.73 Å². The standard InChI is InChI=1S/C20H15N3O9S3/c21-16-6-7-17(13-4-2-1-3-12(13)16)22-23-20-15-9-11(33(24,25)26)10-19(35(30,31)32)14(15)5-8-18(20)34(27,28)29/h1-10H,21H2,(H,24,25,26)(H,27,28,29)(H,30,31,32). The lowest BCUT2D eigenvalue weighted by atomic mass is 10.1. The summed E-state index contributed by atoms with van der Waals surface area (Å²) in [5, 5.41) is 8.26. The number of rotatable bonds is 5. The lowest BCUT2D eigenvalue weighted by Gasteiger charge is -2.11. The van der Waals surface area contributed by atoms with E-state index in [1.807, 2.05) is 0 Å². The van der Waals surface area contributed by atoms with Gasteiger partial charge in [-0.3, -0.25) is 13.7 Å². The summed E-state index contributed by atoms with van der Waals surface area (Å²) in [7, 11) is -15.0. The molecule has 0 spiro atoms. The van der Waals surface area contributed by atoms with E-state index < -0.39 is 56.1 Å². The van der Waals surface area contributed by atoms with Crippen LogP contribution in [0.3, 0.4) is 0 Å². The summed E-state index contributed by atoms with van der Waals surface area (Å²) in [6, 6.07) is 12.8. The molecular formula is C20H15N3O9S3. The molecule has 4 rings (SSSR count). The van der Waals surface area contributed by atoms with Crippen LogP contribution in [0.2, 0.25) is 0 Å². The third kappa shape index (κ3) is 4.72. The molecule has 0 saturated heterocycles. The first-order valence-corrected chi connectivity index (χ1v) is 13.7. The number of fused-ring (bicyclic) bond motifs is 2. The average molecular weight is 538 g/mol. The zero-order valence-electron chi connectivity index (χ0n) is 17.3. The molecule has 4 aromatic rings. The van der Waals surface area contributed by atoms with Crippen molar-refractivity contribution in [2.24, 2.45) is 10.2 Å². The minimum absolute atomic E-state index is 0.217. The smallest absolute Gasteiger partial charge is 0.296 e. The van der Waals surface area contributed by atoms with E-state index >= 15 is 0 Å². The average Bonchev–Trinajstić information content (AvgIpc) is 2.75. The fourth-order valence-electron chi connectivity index (χ4n) is 3.51. The first kappa shape index (κ1) is 24.6. The molecule has 0 saturated carbocycles. The van der Waals surface area contributed by atoms with Crippen molar-refractivity contribution in [1.29, 1.82) is 0 Å².